The van der Waals surface area contributed by atoms with Crippen LogP contribution in [0.1, 0.15) is 19.3 Å². The lowest BCUT2D eigenvalue weighted by Crippen LogP contribution is -2.52. The molecular formula is C12H17N3O4. The van der Waals surface area contributed by atoms with Crippen molar-refractivity contribution in [2.45, 2.75) is 31.4 Å². The number of hydrogen-bond acceptors (Lipinski definition) is 4. The van der Waals surface area contributed by atoms with Crippen molar-refractivity contribution in [3.8, 4) is 6.07 Å². The summed E-state index contributed by atoms with van der Waals surface area (Å²) in [6.45, 7) is 0.986. The van der Waals surface area contributed by atoms with E-state index < -0.39 is 12.1 Å². The summed E-state index contributed by atoms with van der Waals surface area (Å²) < 4.78 is 5.16. The van der Waals surface area contributed by atoms with Crippen LogP contribution >= 0.6 is 0 Å². The number of rotatable bonds is 4. The van der Waals surface area contributed by atoms with Gasteiger partial charge in [-0.1, -0.05) is 0 Å². The number of nitriles is 1. The largest absolute Gasteiger partial charge is 0.481 e. The molecule has 2 unspecified atom stereocenters. The van der Waals surface area contributed by atoms with E-state index in [1.807, 2.05) is 6.07 Å². The zero-order valence-corrected chi connectivity index (χ0v) is 10.5. The van der Waals surface area contributed by atoms with Crippen LogP contribution in [0.2, 0.25) is 0 Å². The van der Waals surface area contributed by atoms with Crippen molar-refractivity contribution in [3.63, 3.8) is 0 Å². The number of carbonyl (C=O) groups is 2. The van der Waals surface area contributed by atoms with E-state index in [2.05, 4.69) is 5.32 Å². The van der Waals surface area contributed by atoms with E-state index in [1.165, 1.54) is 4.90 Å². The molecule has 7 heteroatoms. The predicted molar refractivity (Wildman–Crippen MR) is 64.2 cm³/mol. The maximum Gasteiger partial charge on any atom is 0.317 e. The van der Waals surface area contributed by atoms with Gasteiger partial charge in [0.25, 0.3) is 0 Å². The van der Waals surface area contributed by atoms with Gasteiger partial charge >= 0.3 is 12.0 Å². The maximum atomic E-state index is 12.0. The summed E-state index contributed by atoms with van der Waals surface area (Å²) >= 11 is 0. The molecule has 0 bridgehead atoms. The lowest BCUT2D eigenvalue weighted by atomic mass is 10.1. The summed E-state index contributed by atoms with van der Waals surface area (Å²) in [5.74, 6) is -0.637. The Morgan fingerprint density at radius 2 is 2.26 bits per heavy atom. The van der Waals surface area contributed by atoms with Gasteiger partial charge < -0.3 is 20.1 Å². The molecule has 2 amide bonds. The van der Waals surface area contributed by atoms with Crippen molar-refractivity contribution in [2.75, 3.05) is 19.7 Å². The number of carboxylic acids is 1. The molecule has 1 saturated heterocycles. The van der Waals surface area contributed by atoms with Crippen LogP contribution in [0, 0.1) is 17.2 Å². The van der Waals surface area contributed by atoms with E-state index in [-0.39, 0.29) is 31.0 Å². The van der Waals surface area contributed by atoms with E-state index in [0.717, 1.165) is 12.8 Å². The van der Waals surface area contributed by atoms with Gasteiger partial charge in [-0.3, -0.25) is 4.79 Å². The average molecular weight is 267 g/mol. The molecule has 1 saturated carbocycles. The van der Waals surface area contributed by atoms with Gasteiger partial charge in [-0.05, 0) is 18.8 Å². The second-order valence-corrected chi connectivity index (χ2v) is 4.93. The molecule has 2 aliphatic rings. The normalized spacial score (nSPS) is 24.4. The molecule has 2 fully saturated rings. The lowest BCUT2D eigenvalue weighted by Gasteiger charge is -2.31. The lowest BCUT2D eigenvalue weighted by molar-refractivity contribution is -0.137. The first-order valence-electron chi connectivity index (χ1n) is 6.38. The molecule has 7 nitrogen and oxygen atoms in total. The van der Waals surface area contributed by atoms with Crippen LogP contribution in [0.15, 0.2) is 0 Å². The third-order valence-corrected chi connectivity index (χ3v) is 3.39. The van der Waals surface area contributed by atoms with Gasteiger partial charge in [0.2, 0.25) is 0 Å². The van der Waals surface area contributed by atoms with Crippen LogP contribution in [0.3, 0.4) is 0 Å². The number of hydrogen-bond donors (Lipinski definition) is 2. The number of carboxylic acid groups (broad SMARTS) is 1. The first-order valence-corrected chi connectivity index (χ1v) is 6.38. The fourth-order valence-corrected chi connectivity index (χ4v) is 2.18. The first-order chi connectivity index (χ1) is 9.10. The summed E-state index contributed by atoms with van der Waals surface area (Å²) in [7, 11) is 0. The number of amides is 2. The number of urea groups is 1. The molecule has 2 rings (SSSR count). The standard InChI is InChI=1S/C12H17N3O4/c13-6-9-7-15(3-4-19-9)12(18)14-10(5-11(16)17)8-1-2-8/h8-10H,1-5,7H2,(H,14,18)(H,16,17). The Labute approximate surface area is 111 Å². The minimum Gasteiger partial charge on any atom is -0.481 e. The van der Waals surface area contributed by atoms with Crippen molar-refractivity contribution in [1.29, 1.82) is 5.26 Å². The predicted octanol–water partition coefficient (Wildman–Crippen LogP) is 0.174. The summed E-state index contributed by atoms with van der Waals surface area (Å²) in [5.41, 5.74) is 0. The zero-order chi connectivity index (χ0) is 13.8. The minimum atomic E-state index is -0.908. The molecule has 2 N–H and O–H groups in total. The van der Waals surface area contributed by atoms with Crippen molar-refractivity contribution in [2.24, 2.45) is 5.92 Å². The summed E-state index contributed by atoms with van der Waals surface area (Å²) in [5, 5.41) is 20.4. The van der Waals surface area contributed by atoms with Gasteiger partial charge in [-0.15, -0.1) is 0 Å². The number of carbonyl (C=O) groups excluding carboxylic acids is 1. The van der Waals surface area contributed by atoms with Gasteiger partial charge in [-0.2, -0.15) is 5.26 Å². The highest BCUT2D eigenvalue weighted by atomic mass is 16.5. The third kappa shape index (κ3) is 3.83. The minimum absolute atomic E-state index is 0.0531. The molecule has 0 aromatic carbocycles. The van der Waals surface area contributed by atoms with Crippen molar-refractivity contribution >= 4 is 12.0 Å². The molecule has 0 radical (unpaired) electrons. The van der Waals surface area contributed by atoms with Crippen LogP contribution in [-0.2, 0) is 9.53 Å². The van der Waals surface area contributed by atoms with Gasteiger partial charge in [0, 0.05) is 12.6 Å². The van der Waals surface area contributed by atoms with Gasteiger partial charge in [0.05, 0.1) is 25.6 Å². The van der Waals surface area contributed by atoms with E-state index in [0.29, 0.717) is 13.2 Å². The number of nitrogens with zero attached hydrogens (tertiary/aromatic N) is 2. The molecule has 0 aromatic heterocycles. The van der Waals surface area contributed by atoms with Crippen LogP contribution in [0.5, 0.6) is 0 Å². The molecular weight excluding hydrogens is 250 g/mol. The topological polar surface area (TPSA) is 103 Å². The molecule has 1 heterocycles. The Kier molecular flexibility index (Phi) is 4.22. The number of nitrogens with one attached hydrogen (secondary N) is 1. The Morgan fingerprint density at radius 3 is 2.84 bits per heavy atom. The van der Waals surface area contributed by atoms with E-state index in [4.69, 9.17) is 15.1 Å². The summed E-state index contributed by atoms with van der Waals surface area (Å²) in [6.07, 6.45) is 1.27. The van der Waals surface area contributed by atoms with Crippen molar-refractivity contribution in [1.82, 2.24) is 10.2 Å². The number of ether oxygens (including phenoxy) is 1. The van der Waals surface area contributed by atoms with E-state index in [9.17, 15) is 9.59 Å². The zero-order valence-electron chi connectivity index (χ0n) is 10.5. The van der Waals surface area contributed by atoms with Crippen LogP contribution < -0.4 is 5.32 Å². The molecule has 1 aliphatic carbocycles. The highest BCUT2D eigenvalue weighted by Crippen LogP contribution is 2.34. The molecule has 0 spiro atoms. The molecule has 1 aliphatic heterocycles. The highest BCUT2D eigenvalue weighted by molar-refractivity contribution is 5.76. The van der Waals surface area contributed by atoms with Crippen LogP contribution in [0.4, 0.5) is 4.79 Å². The van der Waals surface area contributed by atoms with Gasteiger partial charge in [0.1, 0.15) is 0 Å². The molecule has 104 valence electrons. The Hall–Kier alpha value is -1.81. The average Bonchev–Trinajstić information content (AvgIpc) is 3.21. The second kappa shape index (κ2) is 5.89. The Morgan fingerprint density at radius 1 is 1.53 bits per heavy atom. The van der Waals surface area contributed by atoms with Gasteiger partial charge in [0.15, 0.2) is 6.10 Å². The third-order valence-electron chi connectivity index (χ3n) is 3.39. The van der Waals surface area contributed by atoms with E-state index in [1.54, 1.807) is 0 Å². The number of aliphatic carboxylic acids is 1. The Bertz CT molecular complexity index is 402. The highest BCUT2D eigenvalue weighted by Gasteiger charge is 2.35. The van der Waals surface area contributed by atoms with Crippen LogP contribution in [-0.4, -0.2) is 53.8 Å². The first kappa shape index (κ1) is 13.6. The fourth-order valence-electron chi connectivity index (χ4n) is 2.18. The monoisotopic (exact) mass is 267 g/mol. The summed E-state index contributed by atoms with van der Waals surface area (Å²) in [4.78, 5) is 24.3. The smallest absolute Gasteiger partial charge is 0.317 e. The Balaban J connectivity index is 1.88. The quantitative estimate of drug-likeness (QED) is 0.756. The van der Waals surface area contributed by atoms with E-state index >= 15 is 0 Å². The van der Waals surface area contributed by atoms with Crippen LogP contribution in [0.25, 0.3) is 0 Å². The molecule has 0 aromatic rings. The fraction of sp³-hybridized carbons (Fsp3) is 0.750. The number of morpholine rings is 1. The second-order valence-electron chi connectivity index (χ2n) is 4.93. The summed E-state index contributed by atoms with van der Waals surface area (Å²) in [6, 6.07) is 1.36. The molecule has 19 heavy (non-hydrogen) atoms. The molecule has 2 atom stereocenters. The SMILES string of the molecule is N#CC1CN(C(=O)NC(CC(=O)O)C2CC2)CCO1. The van der Waals surface area contributed by atoms with Gasteiger partial charge in [-0.25, -0.2) is 4.79 Å². The van der Waals surface area contributed by atoms with Crippen molar-refractivity contribution in [3.05, 3.63) is 0 Å². The maximum absolute atomic E-state index is 12.0. The van der Waals surface area contributed by atoms with Crippen molar-refractivity contribution < 1.29 is 19.4 Å².